The molecule has 2 fully saturated rings. The fourth-order valence-electron chi connectivity index (χ4n) is 3.18. The number of hydrogen-bond acceptors (Lipinski definition) is 2. The van der Waals surface area contributed by atoms with Crippen LogP contribution in [0.25, 0.3) is 0 Å². The molecular formula is C17H22FNO2. The Kier molecular flexibility index (Phi) is 4.24. The molecule has 114 valence electrons. The predicted octanol–water partition coefficient (Wildman–Crippen LogP) is 3.44. The van der Waals surface area contributed by atoms with Crippen LogP contribution in [0.4, 0.5) is 4.39 Å². The highest BCUT2D eigenvalue weighted by Gasteiger charge is 2.26. The Hall–Kier alpha value is -1.42. The molecule has 1 aromatic carbocycles. The van der Waals surface area contributed by atoms with E-state index in [1.165, 1.54) is 12.8 Å². The van der Waals surface area contributed by atoms with Crippen molar-refractivity contribution in [1.29, 1.82) is 0 Å². The van der Waals surface area contributed by atoms with Crippen molar-refractivity contribution in [2.24, 2.45) is 5.92 Å². The third kappa shape index (κ3) is 3.62. The summed E-state index contributed by atoms with van der Waals surface area (Å²) in [5.41, 5.74) is 1.83. The highest BCUT2D eigenvalue weighted by molar-refractivity contribution is 5.70. The van der Waals surface area contributed by atoms with E-state index < -0.39 is 5.97 Å². The maximum Gasteiger partial charge on any atom is 0.306 e. The first-order chi connectivity index (χ1) is 10.1. The topological polar surface area (TPSA) is 49.3 Å². The minimum absolute atomic E-state index is 0.119. The van der Waals surface area contributed by atoms with Crippen molar-refractivity contribution in [3.05, 3.63) is 35.1 Å². The Bertz CT molecular complexity index is 520. The van der Waals surface area contributed by atoms with Crippen molar-refractivity contribution in [1.82, 2.24) is 5.32 Å². The minimum atomic E-state index is -0.685. The van der Waals surface area contributed by atoms with Crippen molar-refractivity contribution in [2.75, 3.05) is 0 Å². The molecule has 3 rings (SSSR count). The van der Waals surface area contributed by atoms with Crippen LogP contribution in [0, 0.1) is 11.7 Å². The predicted molar refractivity (Wildman–Crippen MR) is 78.6 cm³/mol. The average Bonchev–Trinajstić information content (AvgIpc) is 3.31. The van der Waals surface area contributed by atoms with E-state index in [4.69, 9.17) is 5.11 Å². The zero-order chi connectivity index (χ0) is 14.8. The van der Waals surface area contributed by atoms with E-state index in [0.717, 1.165) is 31.2 Å². The first-order valence-corrected chi connectivity index (χ1v) is 7.88. The second-order valence-electron chi connectivity index (χ2n) is 6.39. The third-order valence-electron chi connectivity index (χ3n) is 4.78. The first-order valence-electron chi connectivity index (χ1n) is 7.88. The molecule has 0 saturated heterocycles. The van der Waals surface area contributed by atoms with Crippen molar-refractivity contribution in [3.63, 3.8) is 0 Å². The average molecular weight is 291 g/mol. The highest BCUT2D eigenvalue weighted by atomic mass is 19.1. The van der Waals surface area contributed by atoms with Gasteiger partial charge in [0.15, 0.2) is 0 Å². The second kappa shape index (κ2) is 6.14. The van der Waals surface area contributed by atoms with Gasteiger partial charge >= 0.3 is 5.97 Å². The Morgan fingerprint density at radius 2 is 1.90 bits per heavy atom. The van der Waals surface area contributed by atoms with Crippen molar-refractivity contribution in [2.45, 2.75) is 57.0 Å². The summed E-state index contributed by atoms with van der Waals surface area (Å²) in [6.45, 7) is 0.527. The van der Waals surface area contributed by atoms with E-state index in [1.54, 1.807) is 6.07 Å². The lowest BCUT2D eigenvalue weighted by Gasteiger charge is -2.27. The summed E-state index contributed by atoms with van der Waals surface area (Å²) in [7, 11) is 0. The van der Waals surface area contributed by atoms with Crippen LogP contribution >= 0.6 is 0 Å². The molecule has 1 aromatic rings. The van der Waals surface area contributed by atoms with Crippen molar-refractivity contribution >= 4 is 5.97 Å². The quantitative estimate of drug-likeness (QED) is 0.873. The molecule has 2 aliphatic carbocycles. The zero-order valence-corrected chi connectivity index (χ0v) is 12.1. The summed E-state index contributed by atoms with van der Waals surface area (Å²) >= 11 is 0. The Morgan fingerprint density at radius 3 is 2.48 bits per heavy atom. The van der Waals surface area contributed by atoms with Gasteiger partial charge in [-0.1, -0.05) is 12.1 Å². The number of halogens is 1. The van der Waals surface area contributed by atoms with Gasteiger partial charge in [0.2, 0.25) is 0 Å². The number of aliphatic carboxylic acids is 1. The number of hydrogen-bond donors (Lipinski definition) is 2. The summed E-state index contributed by atoms with van der Waals surface area (Å²) in [5.74, 6) is -0.424. The van der Waals surface area contributed by atoms with Gasteiger partial charge in [0.05, 0.1) is 5.92 Å². The highest BCUT2D eigenvalue weighted by Crippen LogP contribution is 2.40. The van der Waals surface area contributed by atoms with E-state index in [2.05, 4.69) is 5.32 Å². The summed E-state index contributed by atoms with van der Waals surface area (Å²) in [5, 5.41) is 12.3. The molecule has 0 amide bonds. The molecule has 0 atom stereocenters. The molecule has 0 aromatic heterocycles. The van der Waals surface area contributed by atoms with Crippen LogP contribution in [0.15, 0.2) is 18.2 Å². The van der Waals surface area contributed by atoms with E-state index >= 15 is 0 Å². The van der Waals surface area contributed by atoms with Gasteiger partial charge in [-0.05, 0) is 56.1 Å². The van der Waals surface area contributed by atoms with Crippen LogP contribution in [0.3, 0.4) is 0 Å². The van der Waals surface area contributed by atoms with Gasteiger partial charge in [-0.3, -0.25) is 4.79 Å². The molecule has 21 heavy (non-hydrogen) atoms. The summed E-state index contributed by atoms with van der Waals surface area (Å²) in [6, 6.07) is 5.91. The number of carboxylic acids is 1. The van der Waals surface area contributed by atoms with Crippen molar-refractivity contribution < 1.29 is 14.3 Å². The number of carboxylic acid groups (broad SMARTS) is 1. The molecule has 2 aliphatic rings. The van der Waals surface area contributed by atoms with Gasteiger partial charge in [-0.15, -0.1) is 0 Å². The molecule has 0 aliphatic heterocycles. The number of benzene rings is 1. The second-order valence-corrected chi connectivity index (χ2v) is 6.39. The van der Waals surface area contributed by atoms with Crippen LogP contribution in [0.1, 0.15) is 55.6 Å². The summed E-state index contributed by atoms with van der Waals surface area (Å²) < 4.78 is 14.0. The third-order valence-corrected chi connectivity index (χ3v) is 4.78. The lowest BCUT2D eigenvalue weighted by Crippen LogP contribution is -2.34. The fourth-order valence-corrected chi connectivity index (χ4v) is 3.18. The van der Waals surface area contributed by atoms with Crippen molar-refractivity contribution in [3.8, 4) is 0 Å². The first kappa shape index (κ1) is 14.5. The van der Waals surface area contributed by atoms with Gasteiger partial charge < -0.3 is 10.4 Å². The molecule has 0 spiro atoms. The van der Waals surface area contributed by atoms with Crippen LogP contribution in [-0.2, 0) is 11.3 Å². The maximum atomic E-state index is 14.0. The SMILES string of the molecule is O=C(O)C1CCC(NCc2ccc(C3CC3)cc2F)CC1. The standard InChI is InChI=1S/C17H22FNO2/c18-16-9-13(11-1-2-11)3-4-14(16)10-19-15-7-5-12(6-8-15)17(20)21/h3-4,9,11-12,15,19H,1-2,5-8,10H2,(H,20,21). The zero-order valence-electron chi connectivity index (χ0n) is 12.1. The smallest absolute Gasteiger partial charge is 0.306 e. The van der Waals surface area contributed by atoms with Gasteiger partial charge in [0, 0.05) is 18.2 Å². The van der Waals surface area contributed by atoms with Crippen LogP contribution < -0.4 is 5.32 Å². The number of nitrogens with one attached hydrogen (secondary N) is 1. The van der Waals surface area contributed by atoms with Gasteiger partial charge in [0.1, 0.15) is 5.82 Å². The molecule has 0 heterocycles. The summed E-state index contributed by atoms with van der Waals surface area (Å²) in [4.78, 5) is 10.9. The molecular weight excluding hydrogens is 269 g/mol. The van der Waals surface area contributed by atoms with Crippen LogP contribution in [0.2, 0.25) is 0 Å². The van der Waals surface area contributed by atoms with Gasteiger partial charge in [-0.25, -0.2) is 4.39 Å². The van der Waals surface area contributed by atoms with Gasteiger partial charge in [0.25, 0.3) is 0 Å². The van der Waals surface area contributed by atoms with E-state index in [-0.39, 0.29) is 11.7 Å². The maximum absolute atomic E-state index is 14.0. The lowest BCUT2D eigenvalue weighted by atomic mass is 9.86. The van der Waals surface area contributed by atoms with E-state index in [1.807, 2.05) is 12.1 Å². The summed E-state index contributed by atoms with van der Waals surface area (Å²) in [6.07, 6.45) is 5.53. The van der Waals surface area contributed by atoms with Crippen LogP contribution in [-0.4, -0.2) is 17.1 Å². The fraction of sp³-hybridized carbons (Fsp3) is 0.588. The molecule has 0 radical (unpaired) electrons. The number of carbonyl (C=O) groups is 1. The molecule has 4 heteroatoms. The Morgan fingerprint density at radius 1 is 1.19 bits per heavy atom. The Balaban J connectivity index is 1.50. The van der Waals surface area contributed by atoms with Crippen LogP contribution in [0.5, 0.6) is 0 Å². The molecule has 2 N–H and O–H groups in total. The minimum Gasteiger partial charge on any atom is -0.481 e. The lowest BCUT2D eigenvalue weighted by molar-refractivity contribution is -0.142. The van der Waals surface area contributed by atoms with E-state index in [0.29, 0.717) is 24.1 Å². The van der Waals surface area contributed by atoms with E-state index in [9.17, 15) is 9.18 Å². The largest absolute Gasteiger partial charge is 0.481 e. The molecule has 0 bridgehead atoms. The number of rotatable bonds is 5. The Labute approximate surface area is 124 Å². The monoisotopic (exact) mass is 291 g/mol. The molecule has 2 saturated carbocycles. The van der Waals surface area contributed by atoms with Gasteiger partial charge in [-0.2, -0.15) is 0 Å². The molecule has 0 unspecified atom stereocenters. The molecule has 3 nitrogen and oxygen atoms in total. The normalized spacial score (nSPS) is 25.8.